The Hall–Kier alpha value is -0.410. The summed E-state index contributed by atoms with van der Waals surface area (Å²) in [4.78, 5) is 12.0. The van der Waals surface area contributed by atoms with Crippen molar-refractivity contribution in [1.82, 2.24) is 0 Å². The lowest BCUT2D eigenvalue weighted by Gasteiger charge is -2.12. The van der Waals surface area contributed by atoms with Crippen LogP contribution in [-0.4, -0.2) is 28.2 Å². The maximum absolute atomic E-state index is 12.0. The molecule has 0 saturated heterocycles. The monoisotopic (exact) mass is 412 g/mol. The van der Waals surface area contributed by atoms with E-state index in [2.05, 4.69) is 13.8 Å². The van der Waals surface area contributed by atoms with Gasteiger partial charge in [0, 0.05) is 12.8 Å². The summed E-state index contributed by atoms with van der Waals surface area (Å²) < 4.78 is 0. The highest BCUT2D eigenvalue weighted by Crippen LogP contribution is 2.15. The Bertz CT molecular complexity index is 343. The number of aliphatic hydroxyl groups excluding tert-OH is 2. The van der Waals surface area contributed by atoms with Gasteiger partial charge in [0.1, 0.15) is 5.78 Å². The van der Waals surface area contributed by atoms with Crippen molar-refractivity contribution in [2.24, 2.45) is 0 Å². The molecule has 0 rings (SSSR count). The van der Waals surface area contributed by atoms with Crippen molar-refractivity contribution in [3.05, 3.63) is 0 Å². The van der Waals surface area contributed by atoms with Gasteiger partial charge in [0.05, 0.1) is 12.2 Å². The minimum absolute atomic E-state index is 0.103. The molecule has 0 amide bonds. The van der Waals surface area contributed by atoms with Crippen LogP contribution in [0.2, 0.25) is 0 Å². The van der Waals surface area contributed by atoms with Gasteiger partial charge in [-0.1, -0.05) is 117 Å². The Balaban J connectivity index is 3.46. The Kier molecular flexibility index (Phi) is 22.0. The molecule has 0 aromatic heterocycles. The normalized spacial score (nSPS) is 13.5. The van der Waals surface area contributed by atoms with E-state index in [4.69, 9.17) is 0 Å². The van der Waals surface area contributed by atoms with Crippen molar-refractivity contribution in [2.45, 2.75) is 161 Å². The predicted octanol–water partition coefficient (Wildman–Crippen LogP) is 7.51. The molecule has 0 bridgehead atoms. The third-order valence-electron chi connectivity index (χ3n) is 6.00. The molecule has 0 saturated carbocycles. The van der Waals surface area contributed by atoms with Crippen LogP contribution < -0.4 is 0 Å². The first-order valence-corrected chi connectivity index (χ1v) is 13.0. The zero-order valence-electron chi connectivity index (χ0n) is 19.8. The first kappa shape index (κ1) is 28.6. The molecule has 0 radical (unpaired) electrons. The zero-order valence-corrected chi connectivity index (χ0v) is 19.8. The van der Waals surface area contributed by atoms with Crippen molar-refractivity contribution in [3.8, 4) is 0 Å². The quantitative estimate of drug-likeness (QED) is 0.171. The highest BCUT2D eigenvalue weighted by atomic mass is 16.3. The molecule has 2 N–H and O–H groups in total. The fraction of sp³-hybridized carbons (Fsp3) is 0.962. The fourth-order valence-corrected chi connectivity index (χ4v) is 3.97. The molecular weight excluding hydrogens is 360 g/mol. The van der Waals surface area contributed by atoms with Crippen molar-refractivity contribution >= 4 is 5.78 Å². The van der Waals surface area contributed by atoms with E-state index in [1.165, 1.54) is 83.5 Å². The summed E-state index contributed by atoms with van der Waals surface area (Å²) in [6.07, 6.45) is 22.1. The summed E-state index contributed by atoms with van der Waals surface area (Å²) in [5.74, 6) is 0.103. The van der Waals surface area contributed by atoms with E-state index in [0.717, 1.165) is 32.1 Å². The second-order valence-corrected chi connectivity index (χ2v) is 9.12. The van der Waals surface area contributed by atoms with Gasteiger partial charge in [-0.15, -0.1) is 0 Å². The Labute approximate surface area is 182 Å². The number of hydrogen-bond donors (Lipinski definition) is 2. The SMILES string of the molecule is CCCCCCCCCCCC(O)CCC(=O)CC(O)CCCCCCCCC. The summed E-state index contributed by atoms with van der Waals surface area (Å²) in [5.41, 5.74) is 0. The van der Waals surface area contributed by atoms with E-state index < -0.39 is 6.10 Å². The van der Waals surface area contributed by atoms with Gasteiger partial charge in [0.2, 0.25) is 0 Å². The van der Waals surface area contributed by atoms with Crippen molar-refractivity contribution in [2.75, 3.05) is 0 Å². The van der Waals surface area contributed by atoms with Crippen LogP contribution >= 0.6 is 0 Å². The van der Waals surface area contributed by atoms with Gasteiger partial charge in [-0.05, 0) is 19.3 Å². The van der Waals surface area contributed by atoms with E-state index in [9.17, 15) is 15.0 Å². The van der Waals surface area contributed by atoms with Crippen molar-refractivity contribution < 1.29 is 15.0 Å². The van der Waals surface area contributed by atoms with Gasteiger partial charge in [-0.3, -0.25) is 4.79 Å². The van der Waals surface area contributed by atoms with Gasteiger partial charge < -0.3 is 10.2 Å². The molecule has 0 aliphatic heterocycles. The number of hydrogen-bond acceptors (Lipinski definition) is 3. The number of rotatable bonds is 23. The zero-order chi connectivity index (χ0) is 21.6. The van der Waals surface area contributed by atoms with Gasteiger partial charge in [-0.25, -0.2) is 0 Å². The number of carbonyl (C=O) groups excluding carboxylic acids is 1. The van der Waals surface area contributed by atoms with Crippen LogP contribution in [0.4, 0.5) is 0 Å². The van der Waals surface area contributed by atoms with Crippen LogP contribution in [0.15, 0.2) is 0 Å². The lowest BCUT2D eigenvalue weighted by atomic mass is 9.99. The molecule has 0 aromatic carbocycles. The van der Waals surface area contributed by atoms with E-state index in [1.54, 1.807) is 0 Å². The molecule has 2 atom stereocenters. The molecule has 0 fully saturated rings. The second kappa shape index (κ2) is 22.3. The van der Waals surface area contributed by atoms with Crippen molar-refractivity contribution in [3.63, 3.8) is 0 Å². The number of carbonyl (C=O) groups is 1. The summed E-state index contributed by atoms with van der Waals surface area (Å²) in [6, 6.07) is 0. The predicted molar refractivity (Wildman–Crippen MR) is 125 cm³/mol. The molecule has 174 valence electrons. The molecule has 0 aliphatic rings. The highest BCUT2D eigenvalue weighted by molar-refractivity contribution is 5.78. The first-order valence-electron chi connectivity index (χ1n) is 13.0. The third-order valence-corrected chi connectivity index (χ3v) is 6.00. The molecule has 29 heavy (non-hydrogen) atoms. The maximum atomic E-state index is 12.0. The molecule has 3 nitrogen and oxygen atoms in total. The van der Waals surface area contributed by atoms with Crippen LogP contribution in [0, 0.1) is 0 Å². The van der Waals surface area contributed by atoms with Gasteiger partial charge >= 0.3 is 0 Å². The van der Waals surface area contributed by atoms with Gasteiger partial charge in [0.25, 0.3) is 0 Å². The van der Waals surface area contributed by atoms with Crippen LogP contribution in [0.1, 0.15) is 149 Å². The Morgan fingerprint density at radius 2 is 0.931 bits per heavy atom. The Morgan fingerprint density at radius 3 is 1.38 bits per heavy atom. The minimum Gasteiger partial charge on any atom is -0.393 e. The minimum atomic E-state index is -0.493. The molecule has 2 unspecified atom stereocenters. The summed E-state index contributed by atoms with van der Waals surface area (Å²) >= 11 is 0. The average molecular weight is 413 g/mol. The molecule has 0 aromatic rings. The largest absolute Gasteiger partial charge is 0.393 e. The average Bonchev–Trinajstić information content (AvgIpc) is 2.70. The third kappa shape index (κ3) is 22.1. The lowest BCUT2D eigenvalue weighted by molar-refractivity contribution is -0.121. The lowest BCUT2D eigenvalue weighted by Crippen LogP contribution is -2.15. The van der Waals surface area contributed by atoms with E-state index >= 15 is 0 Å². The number of aliphatic hydroxyl groups is 2. The molecule has 3 heteroatoms. The highest BCUT2D eigenvalue weighted by Gasteiger charge is 2.13. The molecule has 0 heterocycles. The number of Topliss-reactive ketones (excluding diaryl/α,β-unsaturated/α-hetero) is 1. The van der Waals surface area contributed by atoms with Gasteiger partial charge in [0.15, 0.2) is 0 Å². The van der Waals surface area contributed by atoms with Crippen LogP contribution in [0.25, 0.3) is 0 Å². The summed E-state index contributed by atoms with van der Waals surface area (Å²) in [6.45, 7) is 4.47. The smallest absolute Gasteiger partial charge is 0.135 e. The number of ketones is 1. The van der Waals surface area contributed by atoms with E-state index in [0.29, 0.717) is 12.8 Å². The maximum Gasteiger partial charge on any atom is 0.135 e. The fourth-order valence-electron chi connectivity index (χ4n) is 3.97. The topological polar surface area (TPSA) is 57.5 Å². The van der Waals surface area contributed by atoms with Crippen LogP contribution in [0.3, 0.4) is 0 Å². The second-order valence-electron chi connectivity index (χ2n) is 9.12. The van der Waals surface area contributed by atoms with Crippen LogP contribution in [0.5, 0.6) is 0 Å². The summed E-state index contributed by atoms with van der Waals surface area (Å²) in [7, 11) is 0. The van der Waals surface area contributed by atoms with Crippen LogP contribution in [-0.2, 0) is 4.79 Å². The summed E-state index contributed by atoms with van der Waals surface area (Å²) in [5, 5.41) is 20.1. The number of unbranched alkanes of at least 4 members (excludes halogenated alkanes) is 14. The molecule has 0 aliphatic carbocycles. The van der Waals surface area contributed by atoms with Crippen molar-refractivity contribution in [1.29, 1.82) is 0 Å². The Morgan fingerprint density at radius 1 is 0.552 bits per heavy atom. The van der Waals surface area contributed by atoms with E-state index in [-0.39, 0.29) is 18.3 Å². The van der Waals surface area contributed by atoms with E-state index in [1.807, 2.05) is 0 Å². The standard InChI is InChI=1S/C26H52O3/c1-3-5-7-9-11-12-14-15-17-19-24(27)21-22-26(29)23-25(28)20-18-16-13-10-8-6-4-2/h24-25,27-28H,3-23H2,1-2H3. The molecular formula is C26H52O3. The molecule has 0 spiro atoms. The first-order chi connectivity index (χ1) is 14.1. The van der Waals surface area contributed by atoms with Gasteiger partial charge in [-0.2, -0.15) is 0 Å².